The molecule has 6 atom stereocenters. The van der Waals surface area contributed by atoms with Gasteiger partial charge in [-0.05, 0) is 47.5 Å². The smallest absolute Gasteiger partial charge is 0.161 e. The molecule has 1 N–H and O–H groups in total. The Balaban J connectivity index is 1.83. The highest BCUT2D eigenvalue weighted by molar-refractivity contribution is 5.99. The van der Waals surface area contributed by atoms with Gasteiger partial charge in [-0.2, -0.15) is 0 Å². The largest absolute Gasteiger partial charge is 0.396 e. The van der Waals surface area contributed by atoms with Crippen LogP contribution in [0, 0.1) is 28.6 Å². The van der Waals surface area contributed by atoms with E-state index in [1.807, 2.05) is 0 Å². The molecule has 6 unspecified atom stereocenters. The maximum absolute atomic E-state index is 13.0. The third-order valence-corrected chi connectivity index (χ3v) is 7.73. The predicted octanol–water partition coefficient (Wildman–Crippen LogP) is 2.68. The summed E-state index contributed by atoms with van der Waals surface area (Å²) >= 11 is 0. The van der Waals surface area contributed by atoms with Crippen molar-refractivity contribution in [3.8, 4) is 0 Å². The van der Waals surface area contributed by atoms with Crippen molar-refractivity contribution in [3.05, 3.63) is 11.1 Å². The van der Waals surface area contributed by atoms with Gasteiger partial charge >= 0.3 is 0 Å². The fraction of sp³-hybridized carbons (Fsp3) is 0.800. The van der Waals surface area contributed by atoms with Gasteiger partial charge < -0.3 is 9.84 Å². The molecule has 1 heterocycles. The van der Waals surface area contributed by atoms with E-state index < -0.39 is 0 Å². The molecule has 2 fully saturated rings. The third-order valence-electron chi connectivity index (χ3n) is 7.73. The molecule has 4 aliphatic rings. The summed E-state index contributed by atoms with van der Waals surface area (Å²) in [5.74, 6) is 0.654. The fourth-order valence-corrected chi connectivity index (χ4v) is 6.20. The van der Waals surface area contributed by atoms with Crippen LogP contribution in [0.3, 0.4) is 0 Å². The van der Waals surface area contributed by atoms with E-state index in [1.54, 1.807) is 0 Å². The van der Waals surface area contributed by atoms with Gasteiger partial charge in [0.2, 0.25) is 0 Å². The molecule has 1 aliphatic heterocycles. The first kappa shape index (κ1) is 16.5. The first-order valence-electron chi connectivity index (χ1n) is 9.34. The van der Waals surface area contributed by atoms with Crippen LogP contribution in [0.4, 0.5) is 0 Å². The molecule has 4 nitrogen and oxygen atoms in total. The van der Waals surface area contributed by atoms with Gasteiger partial charge in [0.05, 0.1) is 18.6 Å². The molecule has 0 aromatic carbocycles. The predicted molar refractivity (Wildman–Crippen MR) is 89.3 cm³/mol. The zero-order valence-electron chi connectivity index (χ0n) is 14.9. The van der Waals surface area contributed by atoms with Gasteiger partial charge in [0.25, 0.3) is 0 Å². The second-order valence-corrected chi connectivity index (χ2v) is 9.03. The summed E-state index contributed by atoms with van der Waals surface area (Å²) in [4.78, 5) is 25.4. The molecule has 0 aromatic rings. The van der Waals surface area contributed by atoms with E-state index in [4.69, 9.17) is 4.74 Å². The van der Waals surface area contributed by atoms with Crippen molar-refractivity contribution in [2.75, 3.05) is 13.2 Å². The number of carbonyl (C=O) groups is 2. The molecular weight excluding hydrogens is 304 g/mol. The average Bonchev–Trinajstić information content (AvgIpc) is 3.07. The molecule has 0 amide bonds. The van der Waals surface area contributed by atoms with Crippen molar-refractivity contribution in [2.45, 2.75) is 59.0 Å². The molecule has 0 aromatic heterocycles. The highest BCUT2D eigenvalue weighted by Crippen LogP contribution is 2.62. The van der Waals surface area contributed by atoms with E-state index in [0.29, 0.717) is 19.4 Å². The molecule has 0 radical (unpaired) electrons. The minimum Gasteiger partial charge on any atom is -0.396 e. The highest BCUT2D eigenvalue weighted by Gasteiger charge is 2.62. The van der Waals surface area contributed by atoms with E-state index >= 15 is 0 Å². The summed E-state index contributed by atoms with van der Waals surface area (Å²) in [7, 11) is 0. The Labute approximate surface area is 143 Å². The molecule has 0 spiro atoms. The molecule has 2 saturated carbocycles. The number of rotatable bonds is 2. The summed E-state index contributed by atoms with van der Waals surface area (Å²) in [5, 5.41) is 9.68. The topological polar surface area (TPSA) is 63.6 Å². The van der Waals surface area contributed by atoms with Gasteiger partial charge in [-0.15, -0.1) is 0 Å². The molecule has 132 valence electrons. The van der Waals surface area contributed by atoms with Crippen molar-refractivity contribution in [2.24, 2.45) is 28.6 Å². The third kappa shape index (κ3) is 1.99. The van der Waals surface area contributed by atoms with Gasteiger partial charge in [-0.1, -0.05) is 20.8 Å². The summed E-state index contributed by atoms with van der Waals surface area (Å²) in [6.45, 7) is 7.04. The Hall–Kier alpha value is -1.00. The number of aliphatic hydroxyl groups is 1. The van der Waals surface area contributed by atoms with Crippen LogP contribution < -0.4 is 0 Å². The van der Waals surface area contributed by atoms with Crippen molar-refractivity contribution in [1.82, 2.24) is 0 Å². The average molecular weight is 332 g/mol. The molecule has 24 heavy (non-hydrogen) atoms. The molecule has 3 aliphatic carbocycles. The normalized spacial score (nSPS) is 45.9. The zero-order chi connectivity index (χ0) is 17.3. The maximum atomic E-state index is 13.0. The maximum Gasteiger partial charge on any atom is 0.161 e. The van der Waals surface area contributed by atoms with E-state index in [1.165, 1.54) is 0 Å². The van der Waals surface area contributed by atoms with E-state index in [9.17, 15) is 14.7 Å². The Morgan fingerprint density at radius 1 is 1.25 bits per heavy atom. The second-order valence-electron chi connectivity index (χ2n) is 9.03. The quantitative estimate of drug-likeness (QED) is 0.844. The number of hydrogen-bond acceptors (Lipinski definition) is 4. The van der Waals surface area contributed by atoms with Gasteiger partial charge in [-0.3, -0.25) is 9.59 Å². The van der Waals surface area contributed by atoms with Gasteiger partial charge in [0.15, 0.2) is 5.78 Å². The molecule has 4 heteroatoms. The van der Waals surface area contributed by atoms with Crippen LogP contribution in [0.2, 0.25) is 0 Å². The monoisotopic (exact) mass is 332 g/mol. The number of Topliss-reactive ketones (excluding diaryl/α,β-unsaturated/α-hetero) is 2. The minimum absolute atomic E-state index is 0.00889. The van der Waals surface area contributed by atoms with Gasteiger partial charge in [0, 0.05) is 25.0 Å². The number of ether oxygens (including phenoxy) is 1. The number of hydrogen-bond donors (Lipinski definition) is 1. The first-order valence-corrected chi connectivity index (χ1v) is 9.34. The lowest BCUT2D eigenvalue weighted by atomic mass is 9.66. The van der Waals surface area contributed by atoms with Gasteiger partial charge in [-0.25, -0.2) is 0 Å². The summed E-state index contributed by atoms with van der Waals surface area (Å²) in [6, 6.07) is 0. The minimum atomic E-state index is -0.217. The number of fused-ring (bicyclic) bond motifs is 2. The van der Waals surface area contributed by atoms with Crippen molar-refractivity contribution in [1.29, 1.82) is 0 Å². The van der Waals surface area contributed by atoms with Crippen LogP contribution in [0.15, 0.2) is 11.1 Å². The van der Waals surface area contributed by atoms with Crippen molar-refractivity contribution in [3.63, 3.8) is 0 Å². The summed E-state index contributed by atoms with van der Waals surface area (Å²) in [5.41, 5.74) is 1.86. The molecular formula is C20H28O4. The van der Waals surface area contributed by atoms with Crippen molar-refractivity contribution < 1.29 is 19.4 Å². The number of aliphatic hydroxyl groups excluding tert-OH is 1. The van der Waals surface area contributed by atoms with Gasteiger partial charge in [0.1, 0.15) is 5.78 Å². The number of ketones is 2. The van der Waals surface area contributed by atoms with Crippen molar-refractivity contribution >= 4 is 11.6 Å². The standard InChI is InChI=1S/C20H28O4/c1-11(9-21)13-8-15(23)17-18-16-12(10-24-18)14(22)4-5-19(16,2)6-7-20(13,17)3/h11,13,17-18,21H,4-10H2,1-3H3. The van der Waals surface area contributed by atoms with E-state index in [0.717, 1.165) is 30.4 Å². The lowest BCUT2D eigenvalue weighted by Crippen LogP contribution is -2.40. The Morgan fingerprint density at radius 3 is 2.71 bits per heavy atom. The molecule has 0 saturated heterocycles. The Morgan fingerprint density at radius 2 is 2.00 bits per heavy atom. The fourth-order valence-electron chi connectivity index (χ4n) is 6.20. The number of carbonyl (C=O) groups excluding carboxylic acids is 2. The Kier molecular flexibility index (Phi) is 3.60. The molecule has 4 rings (SSSR count). The highest BCUT2D eigenvalue weighted by atomic mass is 16.5. The van der Waals surface area contributed by atoms with Crippen LogP contribution in [-0.2, 0) is 14.3 Å². The summed E-state index contributed by atoms with van der Waals surface area (Å²) in [6.07, 6.45) is 3.79. The van der Waals surface area contributed by atoms with Crippen LogP contribution in [0.5, 0.6) is 0 Å². The van der Waals surface area contributed by atoms with Crippen LogP contribution in [-0.4, -0.2) is 36.0 Å². The van der Waals surface area contributed by atoms with Crippen LogP contribution in [0.1, 0.15) is 52.9 Å². The Bertz CT molecular complexity index is 636. The van der Waals surface area contributed by atoms with E-state index in [2.05, 4.69) is 20.8 Å². The first-order chi connectivity index (χ1) is 11.3. The lowest BCUT2D eigenvalue weighted by Gasteiger charge is -2.39. The zero-order valence-corrected chi connectivity index (χ0v) is 14.9. The lowest BCUT2D eigenvalue weighted by molar-refractivity contribution is -0.126. The molecule has 0 bridgehead atoms. The van der Waals surface area contributed by atoms with E-state index in [-0.39, 0.29) is 52.9 Å². The summed E-state index contributed by atoms with van der Waals surface area (Å²) < 4.78 is 6.12. The second kappa shape index (κ2) is 5.25. The van der Waals surface area contributed by atoms with Crippen LogP contribution in [0.25, 0.3) is 0 Å². The SMILES string of the molecule is CC(CO)C1CC(=O)C2C3OCC4=C3C(C)(CCC4=O)CCC12C. The van der Waals surface area contributed by atoms with Crippen LogP contribution >= 0.6 is 0 Å².